The molecule has 14 heavy (non-hydrogen) atoms. The van der Waals surface area contributed by atoms with E-state index in [0.717, 1.165) is 19.3 Å². The predicted molar refractivity (Wildman–Crippen MR) is 50.9 cm³/mol. The Hall–Kier alpha value is -1.23. The van der Waals surface area contributed by atoms with Crippen LogP contribution >= 0.6 is 0 Å². The monoisotopic (exact) mass is 194 g/mol. The topological polar surface area (TPSA) is 73.8 Å². The lowest BCUT2D eigenvalue weighted by Crippen LogP contribution is -2.16. The van der Waals surface area contributed by atoms with Crippen molar-refractivity contribution in [1.82, 2.24) is 15.0 Å². The molecule has 0 saturated heterocycles. The Balaban J connectivity index is 2.13. The summed E-state index contributed by atoms with van der Waals surface area (Å²) >= 11 is 0. The molecule has 2 rings (SSSR count). The number of hydrogen-bond acceptors (Lipinski definition) is 4. The van der Waals surface area contributed by atoms with Crippen LogP contribution in [0.4, 0.5) is 0 Å². The highest BCUT2D eigenvalue weighted by molar-refractivity contribution is 5.91. The van der Waals surface area contributed by atoms with Crippen molar-refractivity contribution in [2.24, 2.45) is 5.73 Å². The molecule has 1 heterocycles. The van der Waals surface area contributed by atoms with Crippen molar-refractivity contribution in [2.75, 3.05) is 0 Å². The SMILES string of the molecule is CC(=O)c1cn([C@@H]2CC[C@H](N)C2)nn1. The summed E-state index contributed by atoms with van der Waals surface area (Å²) in [4.78, 5) is 11.0. The third kappa shape index (κ3) is 1.68. The Morgan fingerprint density at radius 3 is 2.93 bits per heavy atom. The van der Waals surface area contributed by atoms with Gasteiger partial charge in [0.25, 0.3) is 0 Å². The smallest absolute Gasteiger partial charge is 0.181 e. The lowest BCUT2D eigenvalue weighted by atomic mass is 10.2. The maximum Gasteiger partial charge on any atom is 0.181 e. The molecule has 1 aliphatic carbocycles. The van der Waals surface area contributed by atoms with Gasteiger partial charge in [0.05, 0.1) is 12.2 Å². The number of aromatic nitrogens is 3. The minimum Gasteiger partial charge on any atom is -0.328 e. The first-order chi connectivity index (χ1) is 6.66. The van der Waals surface area contributed by atoms with Gasteiger partial charge in [-0.15, -0.1) is 5.10 Å². The van der Waals surface area contributed by atoms with Crippen molar-refractivity contribution in [3.63, 3.8) is 0 Å². The normalized spacial score (nSPS) is 26.7. The number of carbonyl (C=O) groups is 1. The summed E-state index contributed by atoms with van der Waals surface area (Å²) < 4.78 is 1.77. The molecule has 1 saturated carbocycles. The minimum atomic E-state index is -0.0430. The summed E-state index contributed by atoms with van der Waals surface area (Å²) in [6.07, 6.45) is 4.70. The van der Waals surface area contributed by atoms with E-state index < -0.39 is 0 Å². The minimum absolute atomic E-state index is 0.0430. The van der Waals surface area contributed by atoms with E-state index in [1.807, 2.05) is 0 Å². The van der Waals surface area contributed by atoms with Crippen LogP contribution in [-0.4, -0.2) is 26.8 Å². The first-order valence-electron chi connectivity index (χ1n) is 4.85. The van der Waals surface area contributed by atoms with Gasteiger partial charge in [-0.05, 0) is 19.3 Å². The maximum absolute atomic E-state index is 11.0. The van der Waals surface area contributed by atoms with E-state index >= 15 is 0 Å². The van der Waals surface area contributed by atoms with Crippen molar-refractivity contribution in [2.45, 2.75) is 38.3 Å². The summed E-state index contributed by atoms with van der Waals surface area (Å²) in [7, 11) is 0. The molecule has 5 heteroatoms. The molecule has 1 aliphatic rings. The summed E-state index contributed by atoms with van der Waals surface area (Å²) in [6, 6.07) is 0.593. The molecule has 2 N–H and O–H groups in total. The molecule has 0 aromatic carbocycles. The third-order valence-electron chi connectivity index (χ3n) is 2.69. The zero-order valence-electron chi connectivity index (χ0n) is 8.18. The van der Waals surface area contributed by atoms with E-state index in [1.54, 1.807) is 10.9 Å². The Morgan fingerprint density at radius 1 is 1.64 bits per heavy atom. The second-order valence-corrected chi connectivity index (χ2v) is 3.87. The van der Waals surface area contributed by atoms with E-state index in [0.29, 0.717) is 11.7 Å². The average molecular weight is 194 g/mol. The summed E-state index contributed by atoms with van der Waals surface area (Å²) in [5, 5.41) is 7.75. The highest BCUT2D eigenvalue weighted by Gasteiger charge is 2.24. The molecule has 0 spiro atoms. The second kappa shape index (κ2) is 3.49. The van der Waals surface area contributed by atoms with Gasteiger partial charge in [-0.25, -0.2) is 4.68 Å². The van der Waals surface area contributed by atoms with Crippen molar-refractivity contribution in [3.05, 3.63) is 11.9 Å². The molecule has 1 fully saturated rings. The molecule has 2 atom stereocenters. The average Bonchev–Trinajstić information content (AvgIpc) is 2.70. The van der Waals surface area contributed by atoms with Gasteiger partial charge in [-0.3, -0.25) is 4.79 Å². The van der Waals surface area contributed by atoms with E-state index in [9.17, 15) is 4.79 Å². The van der Waals surface area contributed by atoms with Crippen molar-refractivity contribution < 1.29 is 4.79 Å². The molecule has 0 amide bonds. The largest absolute Gasteiger partial charge is 0.328 e. The summed E-state index contributed by atoms with van der Waals surface area (Å²) in [5.41, 5.74) is 6.24. The molecule has 1 aromatic heterocycles. The first-order valence-corrected chi connectivity index (χ1v) is 4.85. The van der Waals surface area contributed by atoms with Crippen LogP contribution in [0.1, 0.15) is 42.7 Å². The number of nitrogens with two attached hydrogens (primary N) is 1. The fraction of sp³-hybridized carbons (Fsp3) is 0.667. The van der Waals surface area contributed by atoms with E-state index in [4.69, 9.17) is 5.73 Å². The maximum atomic E-state index is 11.0. The number of Topliss-reactive ketones (excluding diaryl/α,β-unsaturated/α-hetero) is 1. The van der Waals surface area contributed by atoms with Crippen molar-refractivity contribution in [1.29, 1.82) is 0 Å². The van der Waals surface area contributed by atoms with Crippen molar-refractivity contribution in [3.8, 4) is 0 Å². The van der Waals surface area contributed by atoms with E-state index in [-0.39, 0.29) is 11.8 Å². The fourth-order valence-corrected chi connectivity index (χ4v) is 1.85. The van der Waals surface area contributed by atoms with Gasteiger partial charge in [-0.1, -0.05) is 5.21 Å². The standard InChI is InChI=1S/C9H14N4O/c1-6(14)9-5-13(12-11-9)8-3-2-7(10)4-8/h5,7-8H,2-4,10H2,1H3/t7-,8+/m0/s1. The van der Waals surface area contributed by atoms with Gasteiger partial charge < -0.3 is 5.73 Å². The number of nitrogens with zero attached hydrogens (tertiary/aromatic N) is 3. The van der Waals surface area contributed by atoms with Crippen LogP contribution in [0.2, 0.25) is 0 Å². The molecule has 0 unspecified atom stereocenters. The molecular formula is C9H14N4O. The molecular weight excluding hydrogens is 180 g/mol. The zero-order chi connectivity index (χ0) is 10.1. The Kier molecular flexibility index (Phi) is 2.33. The molecule has 0 bridgehead atoms. The molecule has 0 aliphatic heterocycles. The number of rotatable bonds is 2. The van der Waals surface area contributed by atoms with Crippen LogP contribution in [0.3, 0.4) is 0 Å². The zero-order valence-corrected chi connectivity index (χ0v) is 8.18. The Labute approximate surface area is 82.3 Å². The predicted octanol–water partition coefficient (Wildman–Crippen LogP) is 0.533. The van der Waals surface area contributed by atoms with Gasteiger partial charge in [0.1, 0.15) is 5.69 Å². The van der Waals surface area contributed by atoms with E-state index in [2.05, 4.69) is 10.3 Å². The van der Waals surface area contributed by atoms with Crippen LogP contribution in [0, 0.1) is 0 Å². The molecule has 5 nitrogen and oxygen atoms in total. The summed E-state index contributed by atoms with van der Waals surface area (Å²) in [6.45, 7) is 1.49. The van der Waals surface area contributed by atoms with Crippen molar-refractivity contribution >= 4 is 5.78 Å². The van der Waals surface area contributed by atoms with Gasteiger partial charge in [-0.2, -0.15) is 0 Å². The Morgan fingerprint density at radius 2 is 2.43 bits per heavy atom. The Bertz CT molecular complexity index is 346. The van der Waals surface area contributed by atoms with Gasteiger partial charge >= 0.3 is 0 Å². The molecule has 1 aromatic rings. The van der Waals surface area contributed by atoms with Crippen LogP contribution in [0.15, 0.2) is 6.20 Å². The van der Waals surface area contributed by atoms with Gasteiger partial charge in [0.2, 0.25) is 0 Å². The highest BCUT2D eigenvalue weighted by atomic mass is 16.1. The van der Waals surface area contributed by atoms with Crippen LogP contribution in [-0.2, 0) is 0 Å². The fourth-order valence-electron chi connectivity index (χ4n) is 1.85. The van der Waals surface area contributed by atoms with Gasteiger partial charge in [0, 0.05) is 13.0 Å². The van der Waals surface area contributed by atoms with Crippen LogP contribution < -0.4 is 5.73 Å². The van der Waals surface area contributed by atoms with Crippen LogP contribution in [0.5, 0.6) is 0 Å². The third-order valence-corrected chi connectivity index (χ3v) is 2.69. The van der Waals surface area contributed by atoms with E-state index in [1.165, 1.54) is 6.92 Å². The first kappa shape index (κ1) is 9.33. The lowest BCUT2D eigenvalue weighted by molar-refractivity contribution is 0.101. The highest BCUT2D eigenvalue weighted by Crippen LogP contribution is 2.27. The number of hydrogen-bond donors (Lipinski definition) is 1. The quantitative estimate of drug-likeness (QED) is 0.697. The van der Waals surface area contributed by atoms with Crippen LogP contribution in [0.25, 0.3) is 0 Å². The molecule has 0 radical (unpaired) electrons. The second-order valence-electron chi connectivity index (χ2n) is 3.87. The number of ketones is 1. The lowest BCUT2D eigenvalue weighted by Gasteiger charge is -2.07. The van der Waals surface area contributed by atoms with Gasteiger partial charge in [0.15, 0.2) is 5.78 Å². The summed E-state index contributed by atoms with van der Waals surface area (Å²) in [5.74, 6) is -0.0430. The number of carbonyl (C=O) groups excluding carboxylic acids is 1. The molecule has 76 valence electrons.